The summed E-state index contributed by atoms with van der Waals surface area (Å²) in [6.45, 7) is 0. The lowest BCUT2D eigenvalue weighted by molar-refractivity contribution is 0.142. The second kappa shape index (κ2) is 4.51. The Morgan fingerprint density at radius 3 is 2.81 bits per heavy atom. The van der Waals surface area contributed by atoms with Crippen LogP contribution in [0.1, 0.15) is 12.1 Å². The first-order chi connectivity index (χ1) is 7.61. The fraction of sp³-hybridized carbons (Fsp3) is 0.100. The van der Waals surface area contributed by atoms with Gasteiger partial charge in [0, 0.05) is 10.5 Å². The summed E-state index contributed by atoms with van der Waals surface area (Å²) in [5.41, 5.74) is 0.0783. The number of halogens is 4. The van der Waals surface area contributed by atoms with Crippen molar-refractivity contribution in [3.05, 3.63) is 45.7 Å². The van der Waals surface area contributed by atoms with Gasteiger partial charge in [0.1, 0.15) is 5.69 Å². The molecule has 2 aromatic rings. The third kappa shape index (κ3) is 1.97. The van der Waals surface area contributed by atoms with Gasteiger partial charge in [-0.1, -0.05) is 17.7 Å². The molecule has 0 spiro atoms. The Morgan fingerprint density at radius 2 is 2.19 bits per heavy atom. The molecule has 1 radical (unpaired) electrons. The first-order valence-electron chi connectivity index (χ1n) is 4.29. The van der Waals surface area contributed by atoms with Crippen molar-refractivity contribution in [3.8, 4) is 5.69 Å². The summed E-state index contributed by atoms with van der Waals surface area (Å²) >= 11 is 9.20. The van der Waals surface area contributed by atoms with Crippen LogP contribution in [0.5, 0.6) is 0 Å². The van der Waals surface area contributed by atoms with Crippen molar-refractivity contribution in [1.82, 2.24) is 9.78 Å². The van der Waals surface area contributed by atoms with Crippen LogP contribution >= 0.6 is 27.5 Å². The van der Waals surface area contributed by atoms with E-state index in [9.17, 15) is 8.78 Å². The molecule has 6 heteroatoms. The molecule has 1 aromatic carbocycles. The molecule has 0 N–H and O–H groups in total. The van der Waals surface area contributed by atoms with Crippen LogP contribution in [0.15, 0.2) is 28.9 Å². The van der Waals surface area contributed by atoms with Crippen LogP contribution in [-0.2, 0) is 0 Å². The summed E-state index contributed by atoms with van der Waals surface area (Å²) in [5, 5.41) is 4.14. The fourth-order valence-electron chi connectivity index (χ4n) is 1.30. The maximum atomic E-state index is 12.7. The van der Waals surface area contributed by atoms with Crippen molar-refractivity contribution in [2.75, 3.05) is 0 Å². The molecule has 0 bridgehead atoms. The number of nitrogens with zero attached hydrogens (tertiary/aromatic N) is 2. The van der Waals surface area contributed by atoms with E-state index < -0.39 is 6.43 Å². The molecular formula is C10H5BrClF2N2. The topological polar surface area (TPSA) is 17.8 Å². The van der Waals surface area contributed by atoms with Gasteiger partial charge in [-0.25, -0.2) is 13.5 Å². The fourth-order valence-corrected chi connectivity index (χ4v) is 2.20. The van der Waals surface area contributed by atoms with Gasteiger partial charge in [0.2, 0.25) is 0 Å². The summed E-state index contributed by atoms with van der Waals surface area (Å²) in [7, 11) is 0. The van der Waals surface area contributed by atoms with Gasteiger partial charge in [-0.05, 0) is 28.1 Å². The van der Waals surface area contributed by atoms with Crippen molar-refractivity contribution >= 4 is 27.5 Å². The van der Waals surface area contributed by atoms with Gasteiger partial charge >= 0.3 is 0 Å². The predicted molar refractivity (Wildman–Crippen MR) is 60.1 cm³/mol. The van der Waals surface area contributed by atoms with Crippen LogP contribution in [0.25, 0.3) is 5.69 Å². The van der Waals surface area contributed by atoms with Crippen LogP contribution in [0, 0.1) is 6.07 Å². The van der Waals surface area contributed by atoms with Gasteiger partial charge in [-0.2, -0.15) is 5.10 Å². The highest BCUT2D eigenvalue weighted by Crippen LogP contribution is 2.31. The Morgan fingerprint density at radius 1 is 1.44 bits per heavy atom. The summed E-state index contributed by atoms with van der Waals surface area (Å²) in [6.07, 6.45) is -1.46. The van der Waals surface area contributed by atoms with Crippen LogP contribution in [0.4, 0.5) is 8.78 Å². The first-order valence-corrected chi connectivity index (χ1v) is 5.46. The van der Waals surface area contributed by atoms with E-state index in [0.29, 0.717) is 15.2 Å². The zero-order valence-electron chi connectivity index (χ0n) is 7.79. The average molecular weight is 307 g/mol. The van der Waals surface area contributed by atoms with Crippen LogP contribution in [0.2, 0.25) is 5.02 Å². The molecule has 0 saturated carbocycles. The molecule has 0 saturated heterocycles. The molecule has 1 heterocycles. The van der Waals surface area contributed by atoms with E-state index in [2.05, 4.69) is 27.1 Å². The maximum Gasteiger partial charge on any atom is 0.281 e. The molecule has 0 unspecified atom stereocenters. The lowest BCUT2D eigenvalue weighted by atomic mass is 10.3. The number of para-hydroxylation sites is 1. The number of alkyl halides is 2. The maximum absolute atomic E-state index is 12.7. The molecule has 0 aliphatic rings. The number of rotatable bonds is 2. The quantitative estimate of drug-likeness (QED) is 0.819. The van der Waals surface area contributed by atoms with E-state index in [1.54, 1.807) is 18.2 Å². The second-order valence-electron chi connectivity index (χ2n) is 2.96. The Balaban J connectivity index is 2.63. The minimum atomic E-state index is -2.65. The van der Waals surface area contributed by atoms with Gasteiger partial charge in [-0.3, -0.25) is 0 Å². The smallest absolute Gasteiger partial charge is 0.229 e. The predicted octanol–water partition coefficient (Wildman–Crippen LogP) is 4.03. The molecule has 83 valence electrons. The molecule has 1 aromatic heterocycles. The first kappa shape index (κ1) is 11.5. The minimum absolute atomic E-state index is 0.311. The van der Waals surface area contributed by atoms with E-state index in [4.69, 9.17) is 11.6 Å². The lowest BCUT2D eigenvalue weighted by Crippen LogP contribution is -2.04. The summed E-state index contributed by atoms with van der Waals surface area (Å²) in [6, 6.07) is 7.41. The highest BCUT2D eigenvalue weighted by atomic mass is 79.9. The normalized spacial score (nSPS) is 11.1. The third-order valence-corrected chi connectivity index (χ3v) is 2.91. The Hall–Kier alpha value is -0.940. The molecule has 0 atom stereocenters. The van der Waals surface area contributed by atoms with Crippen molar-refractivity contribution in [1.29, 1.82) is 0 Å². The largest absolute Gasteiger partial charge is 0.281 e. The lowest BCUT2D eigenvalue weighted by Gasteiger charge is -2.10. The standard InChI is InChI=1S/C10H5BrClF2N2/c11-6-2-1-3-7(12)9(6)16-8(10(13)14)4-5-15-16/h1-3,5,10H. The SMILES string of the molecule is FC(F)c1[c]cnn1-c1c(Cl)cccc1Br. The van der Waals surface area contributed by atoms with Gasteiger partial charge in [0.15, 0.2) is 0 Å². The van der Waals surface area contributed by atoms with E-state index in [-0.39, 0.29) is 5.69 Å². The monoisotopic (exact) mass is 305 g/mol. The summed E-state index contributed by atoms with van der Waals surface area (Å²) in [5.74, 6) is 0. The summed E-state index contributed by atoms with van der Waals surface area (Å²) in [4.78, 5) is 0. The van der Waals surface area contributed by atoms with Crippen molar-refractivity contribution in [3.63, 3.8) is 0 Å². The molecule has 0 aliphatic heterocycles. The van der Waals surface area contributed by atoms with Crippen LogP contribution < -0.4 is 0 Å². The van der Waals surface area contributed by atoms with Gasteiger partial charge in [-0.15, -0.1) is 0 Å². The van der Waals surface area contributed by atoms with Crippen LogP contribution in [0.3, 0.4) is 0 Å². The van der Waals surface area contributed by atoms with Gasteiger partial charge in [0.05, 0.1) is 16.9 Å². The summed E-state index contributed by atoms with van der Waals surface area (Å²) < 4.78 is 27.0. The van der Waals surface area contributed by atoms with Crippen molar-refractivity contribution in [2.45, 2.75) is 6.43 Å². The average Bonchev–Trinajstić information content (AvgIpc) is 2.66. The third-order valence-electron chi connectivity index (χ3n) is 1.97. The van der Waals surface area contributed by atoms with E-state index >= 15 is 0 Å². The number of benzene rings is 1. The van der Waals surface area contributed by atoms with Crippen molar-refractivity contribution < 1.29 is 8.78 Å². The van der Waals surface area contributed by atoms with E-state index in [1.165, 1.54) is 6.20 Å². The number of hydrogen-bond donors (Lipinski definition) is 0. The van der Waals surface area contributed by atoms with E-state index in [1.807, 2.05) is 0 Å². The van der Waals surface area contributed by atoms with Crippen LogP contribution in [-0.4, -0.2) is 9.78 Å². The minimum Gasteiger partial charge on any atom is -0.229 e. The molecule has 16 heavy (non-hydrogen) atoms. The number of aromatic nitrogens is 2. The molecule has 2 rings (SSSR count). The molecule has 0 fully saturated rings. The van der Waals surface area contributed by atoms with E-state index in [0.717, 1.165) is 4.68 Å². The van der Waals surface area contributed by atoms with Crippen molar-refractivity contribution in [2.24, 2.45) is 0 Å². The molecule has 2 nitrogen and oxygen atoms in total. The highest BCUT2D eigenvalue weighted by Gasteiger charge is 2.18. The Kier molecular flexibility index (Phi) is 3.25. The Bertz CT molecular complexity index is 493. The second-order valence-corrected chi connectivity index (χ2v) is 4.22. The zero-order valence-corrected chi connectivity index (χ0v) is 10.1. The Labute approximate surface area is 104 Å². The van der Waals surface area contributed by atoms with Gasteiger partial charge in [0.25, 0.3) is 6.43 Å². The molecule has 0 aliphatic carbocycles. The zero-order chi connectivity index (χ0) is 11.7. The molecular weight excluding hydrogens is 301 g/mol. The molecule has 0 amide bonds. The highest BCUT2D eigenvalue weighted by molar-refractivity contribution is 9.10. The van der Waals surface area contributed by atoms with Gasteiger partial charge < -0.3 is 0 Å². The number of hydrogen-bond acceptors (Lipinski definition) is 1.